The fraction of sp³-hybridized carbons (Fsp3) is 0.250. The second-order valence-corrected chi connectivity index (χ2v) is 6.05. The van der Waals surface area contributed by atoms with Gasteiger partial charge in [0.1, 0.15) is 5.76 Å². The Morgan fingerprint density at radius 2 is 1.52 bits per heavy atom. The second kappa shape index (κ2) is 15.0. The van der Waals surface area contributed by atoms with Crippen LogP contribution < -0.4 is 51.4 Å². The van der Waals surface area contributed by atoms with Gasteiger partial charge >= 0.3 is 51.4 Å². The first kappa shape index (κ1) is 26.0. The summed E-state index contributed by atoms with van der Waals surface area (Å²) in [7, 11) is 0. The Kier molecular flexibility index (Phi) is 14.5. The average molecular weight is 388 g/mol. The molecule has 0 amide bonds. The van der Waals surface area contributed by atoms with Gasteiger partial charge in [-0.3, -0.25) is 6.29 Å². The molecule has 1 unspecified atom stereocenters. The van der Waals surface area contributed by atoms with E-state index in [1.165, 1.54) is 0 Å². The first-order chi connectivity index (χ1) is 12.5. The van der Waals surface area contributed by atoms with Gasteiger partial charge in [-0.05, 0) is 24.5 Å². The summed E-state index contributed by atoms with van der Waals surface area (Å²) >= 11 is 0. The molecule has 0 N–H and O–H groups in total. The molecule has 0 heterocycles. The number of hydrogen-bond donors (Lipinski definition) is 0. The minimum atomic E-state index is -0.225. The summed E-state index contributed by atoms with van der Waals surface area (Å²) in [5.74, 6) is 1.10. The largest absolute Gasteiger partial charge is 1.00 e. The van der Waals surface area contributed by atoms with Crippen molar-refractivity contribution in [3.8, 4) is 0 Å². The number of rotatable bonds is 7. The molecule has 0 saturated carbocycles. The van der Waals surface area contributed by atoms with Crippen molar-refractivity contribution in [2.75, 3.05) is 0 Å². The summed E-state index contributed by atoms with van der Waals surface area (Å²) in [6.07, 6.45) is 3.42. The Labute approximate surface area is 207 Å². The fourth-order valence-corrected chi connectivity index (χ4v) is 2.33. The maximum absolute atomic E-state index is 10.7. The molecule has 0 radical (unpaired) electrons. The molecule has 0 aliphatic heterocycles. The van der Waals surface area contributed by atoms with E-state index >= 15 is 0 Å². The third-order valence-corrected chi connectivity index (χ3v) is 3.56. The Balaban J connectivity index is 0.00000158. The molecule has 2 rings (SSSR count). The van der Waals surface area contributed by atoms with Crippen molar-refractivity contribution in [1.82, 2.24) is 0 Å². The minimum Gasteiger partial charge on any atom is -0.542 e. The van der Waals surface area contributed by atoms with Gasteiger partial charge in [0.25, 0.3) is 0 Å². The van der Waals surface area contributed by atoms with Gasteiger partial charge in [0.15, 0.2) is 0 Å². The summed E-state index contributed by atoms with van der Waals surface area (Å²) in [5.41, 5.74) is 3.10. The summed E-state index contributed by atoms with van der Waals surface area (Å²) in [6.45, 7) is 13.3. The van der Waals surface area contributed by atoms with Gasteiger partial charge in [0, 0.05) is 5.56 Å². The monoisotopic (exact) mass is 387 g/mol. The number of ether oxygens (including phenoxy) is 1. The van der Waals surface area contributed by atoms with Crippen LogP contribution in [0, 0.1) is 12.8 Å². The van der Waals surface area contributed by atoms with Crippen molar-refractivity contribution < 1.29 is 60.9 Å². The third-order valence-electron chi connectivity index (χ3n) is 3.56. The molecule has 2 aromatic carbocycles. The van der Waals surface area contributed by atoms with Crippen LogP contribution in [-0.2, 0) is 9.53 Å². The Morgan fingerprint density at radius 3 is 1.96 bits per heavy atom. The molecule has 3 heteroatoms. The van der Waals surface area contributed by atoms with Gasteiger partial charge < -0.3 is 16.5 Å². The summed E-state index contributed by atoms with van der Waals surface area (Å²) in [6, 6.07) is 20.0. The van der Waals surface area contributed by atoms with Gasteiger partial charge in [0.2, 0.25) is 0 Å². The topological polar surface area (TPSA) is 26.3 Å². The van der Waals surface area contributed by atoms with Crippen LogP contribution in [0.2, 0.25) is 0 Å². The van der Waals surface area contributed by atoms with E-state index in [1.807, 2.05) is 80.8 Å². The molecule has 0 aliphatic carbocycles. The van der Waals surface area contributed by atoms with E-state index in [9.17, 15) is 4.79 Å². The summed E-state index contributed by atoms with van der Waals surface area (Å²) in [4.78, 5) is 10.7. The summed E-state index contributed by atoms with van der Waals surface area (Å²) < 4.78 is 6.03. The molecule has 2 nitrogen and oxygen atoms in total. The molecule has 0 spiro atoms. The predicted octanol–water partition coefficient (Wildman–Crippen LogP) is 3.48. The Morgan fingerprint density at radius 1 is 1.07 bits per heavy atom. The van der Waals surface area contributed by atoms with E-state index < -0.39 is 0 Å². The third kappa shape index (κ3) is 9.68. The Hall–Kier alpha value is -0.974. The van der Waals surface area contributed by atoms with Crippen molar-refractivity contribution in [2.45, 2.75) is 33.6 Å². The zero-order chi connectivity index (χ0) is 19.4. The minimum absolute atomic E-state index is 0. The number of hydrogen-bond acceptors (Lipinski definition) is 2. The zero-order valence-electron chi connectivity index (χ0n) is 17.0. The van der Waals surface area contributed by atoms with Crippen molar-refractivity contribution in [3.63, 3.8) is 0 Å². The van der Waals surface area contributed by atoms with Crippen molar-refractivity contribution in [1.29, 1.82) is 0 Å². The van der Waals surface area contributed by atoms with Crippen LogP contribution in [0.4, 0.5) is 0 Å². The van der Waals surface area contributed by atoms with Gasteiger partial charge in [-0.2, -0.15) is 6.42 Å². The van der Waals surface area contributed by atoms with Gasteiger partial charge in [0.05, 0.1) is 5.76 Å². The normalized spacial score (nSPS) is 11.7. The van der Waals surface area contributed by atoms with Gasteiger partial charge in [-0.1, -0.05) is 81.1 Å². The molecular weight excluding hydrogens is 359 g/mol. The van der Waals surface area contributed by atoms with E-state index in [-0.39, 0.29) is 57.3 Å². The van der Waals surface area contributed by atoms with Crippen LogP contribution in [-0.4, -0.2) is 6.29 Å². The number of carbonyl (C=O) groups excluding carboxylic acids is 1. The first-order valence-corrected chi connectivity index (χ1v) is 8.87. The van der Waals surface area contributed by atoms with Crippen LogP contribution in [0.5, 0.6) is 0 Å². The van der Waals surface area contributed by atoms with Crippen LogP contribution >= 0.6 is 0 Å². The molecule has 27 heavy (non-hydrogen) atoms. The van der Waals surface area contributed by atoms with Crippen LogP contribution in [0.15, 0.2) is 73.0 Å². The molecule has 0 aromatic heterocycles. The average Bonchev–Trinajstić information content (AvgIpc) is 2.67. The molecule has 2 aromatic rings. The van der Waals surface area contributed by atoms with Gasteiger partial charge in [-0.25, -0.2) is 0 Å². The molecule has 0 aliphatic rings. The van der Waals surface area contributed by atoms with Crippen LogP contribution in [0.25, 0.3) is 11.3 Å². The van der Waals surface area contributed by atoms with Crippen LogP contribution in [0.3, 0.4) is 0 Å². The van der Waals surface area contributed by atoms with Crippen molar-refractivity contribution in [3.05, 3.63) is 91.1 Å². The predicted molar refractivity (Wildman–Crippen MR) is 111 cm³/mol. The number of allylic oxidation sites excluding steroid dienone is 2. The van der Waals surface area contributed by atoms with E-state index in [1.54, 1.807) is 6.92 Å². The molecule has 1 atom stereocenters. The van der Waals surface area contributed by atoms with Crippen LogP contribution in [0.1, 0.15) is 44.7 Å². The van der Waals surface area contributed by atoms with E-state index in [4.69, 9.17) is 4.74 Å². The molecular formula is C24H28KO2-. The maximum atomic E-state index is 10.7. The van der Waals surface area contributed by atoms with E-state index in [0.29, 0.717) is 12.2 Å². The first-order valence-electron chi connectivity index (χ1n) is 8.87. The SMILES string of the molecule is C=C(CC(C)[C-]=O)O/C(=C(\C)c1ccccc1)c1ccccc1.[CH2-]CC.[K+]. The fourth-order valence-electron chi connectivity index (χ4n) is 2.33. The second-order valence-electron chi connectivity index (χ2n) is 6.05. The number of benzene rings is 2. The quantitative estimate of drug-likeness (QED) is 0.315. The van der Waals surface area contributed by atoms with Gasteiger partial charge in [-0.15, -0.1) is 5.92 Å². The van der Waals surface area contributed by atoms with E-state index in [2.05, 4.69) is 13.5 Å². The van der Waals surface area contributed by atoms with Crippen molar-refractivity contribution >= 4 is 17.6 Å². The molecule has 0 bridgehead atoms. The van der Waals surface area contributed by atoms with Crippen molar-refractivity contribution in [2.24, 2.45) is 5.92 Å². The summed E-state index contributed by atoms with van der Waals surface area (Å²) in [5, 5.41) is 0. The smallest absolute Gasteiger partial charge is 0.542 e. The standard InChI is InChI=1S/C21H21O2.C3H7.K/c1-16(15-22)14-17(2)23-21(20-12-8-5-9-13-20)18(3)19-10-6-4-7-11-19;1-3-2;/h4-13,16H,2,14H2,1,3H3;1,3H2,2H3;/q2*-1;+1/b21-18+;;. The molecule has 138 valence electrons. The molecule has 0 saturated heterocycles. The maximum Gasteiger partial charge on any atom is 1.00 e. The zero-order valence-corrected chi connectivity index (χ0v) is 20.1. The van der Waals surface area contributed by atoms with E-state index in [0.717, 1.165) is 28.9 Å². The molecule has 0 fully saturated rings. The Bertz CT molecular complexity index is 706.